The van der Waals surface area contributed by atoms with Crippen molar-refractivity contribution in [3.05, 3.63) is 54.1 Å². The van der Waals surface area contributed by atoms with Crippen molar-refractivity contribution in [1.29, 1.82) is 0 Å². The summed E-state index contributed by atoms with van der Waals surface area (Å²) in [6, 6.07) is 13.3. The molecule has 1 atom stereocenters. The van der Waals surface area contributed by atoms with Gasteiger partial charge in [-0.1, -0.05) is 18.2 Å². The number of nitrogens with zero attached hydrogens (tertiary/aromatic N) is 1. The number of methoxy groups -OCH3 is 1. The SMILES string of the molecule is COc1ccc(C(CNC(=O)Nc2cccc(S(N)(=O)=O)c2)N2CCCC2)cc1. The number of carbonyl (C=O) groups is 1. The van der Waals surface area contributed by atoms with Gasteiger partial charge >= 0.3 is 6.03 Å². The van der Waals surface area contributed by atoms with Crippen molar-refractivity contribution in [3.63, 3.8) is 0 Å². The Labute approximate surface area is 171 Å². The molecular weight excluding hydrogens is 392 g/mol. The summed E-state index contributed by atoms with van der Waals surface area (Å²) in [5.74, 6) is 0.786. The Hall–Kier alpha value is -2.62. The van der Waals surface area contributed by atoms with E-state index < -0.39 is 16.1 Å². The van der Waals surface area contributed by atoms with E-state index in [-0.39, 0.29) is 10.9 Å². The number of urea groups is 1. The monoisotopic (exact) mass is 418 g/mol. The molecule has 1 saturated heterocycles. The molecule has 156 valence electrons. The lowest BCUT2D eigenvalue weighted by Crippen LogP contribution is -2.38. The van der Waals surface area contributed by atoms with E-state index in [0.717, 1.165) is 37.2 Å². The van der Waals surface area contributed by atoms with E-state index in [4.69, 9.17) is 9.88 Å². The predicted molar refractivity (Wildman–Crippen MR) is 111 cm³/mol. The van der Waals surface area contributed by atoms with Gasteiger partial charge in [-0.15, -0.1) is 0 Å². The van der Waals surface area contributed by atoms with Crippen molar-refractivity contribution >= 4 is 21.7 Å². The fraction of sp³-hybridized carbons (Fsp3) is 0.350. The summed E-state index contributed by atoms with van der Waals surface area (Å²) in [6.45, 7) is 2.39. The molecule has 4 N–H and O–H groups in total. The molecule has 8 nitrogen and oxygen atoms in total. The first-order chi connectivity index (χ1) is 13.9. The molecule has 2 aromatic carbocycles. The number of hydrogen-bond donors (Lipinski definition) is 3. The van der Waals surface area contributed by atoms with Gasteiger partial charge in [0.15, 0.2) is 0 Å². The molecule has 2 amide bonds. The first-order valence-electron chi connectivity index (χ1n) is 9.42. The van der Waals surface area contributed by atoms with Crippen LogP contribution < -0.4 is 20.5 Å². The van der Waals surface area contributed by atoms with E-state index >= 15 is 0 Å². The van der Waals surface area contributed by atoms with E-state index in [1.54, 1.807) is 13.2 Å². The van der Waals surface area contributed by atoms with Crippen LogP contribution in [-0.2, 0) is 10.0 Å². The number of benzene rings is 2. The third-order valence-corrected chi connectivity index (χ3v) is 5.87. The van der Waals surface area contributed by atoms with Crippen LogP contribution in [0.2, 0.25) is 0 Å². The zero-order valence-corrected chi connectivity index (χ0v) is 17.1. The zero-order valence-electron chi connectivity index (χ0n) is 16.3. The van der Waals surface area contributed by atoms with E-state index in [1.165, 1.54) is 18.2 Å². The number of likely N-dealkylation sites (tertiary alicyclic amines) is 1. The highest BCUT2D eigenvalue weighted by molar-refractivity contribution is 7.89. The summed E-state index contributed by atoms with van der Waals surface area (Å²) in [5.41, 5.74) is 1.46. The lowest BCUT2D eigenvalue weighted by Gasteiger charge is -2.28. The van der Waals surface area contributed by atoms with Crippen molar-refractivity contribution in [1.82, 2.24) is 10.2 Å². The topological polar surface area (TPSA) is 114 Å². The molecule has 0 saturated carbocycles. The summed E-state index contributed by atoms with van der Waals surface area (Å²) < 4.78 is 28.2. The van der Waals surface area contributed by atoms with Crippen LogP contribution in [0.25, 0.3) is 0 Å². The summed E-state index contributed by atoms with van der Waals surface area (Å²) in [4.78, 5) is 14.7. The number of ether oxygens (including phenoxy) is 1. The lowest BCUT2D eigenvalue weighted by atomic mass is 10.1. The molecule has 9 heteroatoms. The Morgan fingerprint density at radius 1 is 1.17 bits per heavy atom. The Morgan fingerprint density at radius 3 is 2.48 bits per heavy atom. The standard InChI is InChI=1S/C20H26N4O4S/c1-28-17-9-7-15(8-10-17)19(24-11-2-3-12-24)14-22-20(25)23-16-5-4-6-18(13-16)29(21,26)27/h4-10,13,19H,2-3,11-12,14H2,1H3,(H2,21,26,27)(H2,22,23,25). The zero-order chi connectivity index (χ0) is 20.9. The summed E-state index contributed by atoms with van der Waals surface area (Å²) in [6.07, 6.45) is 2.28. The lowest BCUT2D eigenvalue weighted by molar-refractivity contribution is 0.227. The average molecular weight is 419 g/mol. The Kier molecular flexibility index (Phi) is 6.73. The second-order valence-electron chi connectivity index (χ2n) is 6.94. The fourth-order valence-electron chi connectivity index (χ4n) is 3.45. The minimum Gasteiger partial charge on any atom is -0.497 e. The maximum Gasteiger partial charge on any atom is 0.319 e. The number of carbonyl (C=O) groups excluding carboxylic acids is 1. The van der Waals surface area contributed by atoms with Gasteiger partial charge in [0.1, 0.15) is 5.75 Å². The molecule has 1 heterocycles. The van der Waals surface area contributed by atoms with Gasteiger partial charge in [-0.3, -0.25) is 4.90 Å². The predicted octanol–water partition coefficient (Wildman–Crippen LogP) is 2.30. The fourth-order valence-corrected chi connectivity index (χ4v) is 4.01. The number of amides is 2. The highest BCUT2D eigenvalue weighted by Gasteiger charge is 2.24. The highest BCUT2D eigenvalue weighted by Crippen LogP contribution is 2.26. The summed E-state index contributed by atoms with van der Waals surface area (Å²) >= 11 is 0. The highest BCUT2D eigenvalue weighted by atomic mass is 32.2. The van der Waals surface area contributed by atoms with Gasteiger partial charge in [0.2, 0.25) is 10.0 Å². The van der Waals surface area contributed by atoms with Crippen molar-refractivity contribution in [2.75, 3.05) is 32.1 Å². The smallest absolute Gasteiger partial charge is 0.319 e. The second-order valence-corrected chi connectivity index (χ2v) is 8.50. The number of nitrogens with two attached hydrogens (primary N) is 1. The van der Waals surface area contributed by atoms with Crippen molar-refractivity contribution < 1.29 is 17.9 Å². The van der Waals surface area contributed by atoms with Crippen LogP contribution in [0.1, 0.15) is 24.4 Å². The van der Waals surface area contributed by atoms with E-state index in [9.17, 15) is 13.2 Å². The van der Waals surface area contributed by atoms with E-state index in [2.05, 4.69) is 15.5 Å². The molecule has 1 aliphatic heterocycles. The molecule has 1 fully saturated rings. The van der Waals surface area contributed by atoms with Gasteiger partial charge in [-0.2, -0.15) is 0 Å². The van der Waals surface area contributed by atoms with Crippen LogP contribution in [0, 0.1) is 0 Å². The molecule has 1 unspecified atom stereocenters. The largest absolute Gasteiger partial charge is 0.497 e. The Balaban J connectivity index is 1.66. The molecule has 1 aliphatic rings. The molecule has 0 bridgehead atoms. The minimum atomic E-state index is -3.83. The van der Waals surface area contributed by atoms with Crippen LogP contribution in [0.4, 0.5) is 10.5 Å². The number of nitrogens with one attached hydrogen (secondary N) is 2. The number of primary sulfonamides is 1. The maximum absolute atomic E-state index is 12.4. The van der Waals surface area contributed by atoms with Crippen LogP contribution >= 0.6 is 0 Å². The number of rotatable bonds is 7. The van der Waals surface area contributed by atoms with Crippen molar-refractivity contribution in [2.24, 2.45) is 5.14 Å². The molecule has 0 radical (unpaired) electrons. The van der Waals surface area contributed by atoms with Crippen LogP contribution in [-0.4, -0.2) is 46.1 Å². The van der Waals surface area contributed by atoms with Gasteiger partial charge < -0.3 is 15.4 Å². The second kappa shape index (κ2) is 9.25. The van der Waals surface area contributed by atoms with Gasteiger partial charge in [0.25, 0.3) is 0 Å². The van der Waals surface area contributed by atoms with Gasteiger partial charge in [-0.25, -0.2) is 18.4 Å². The molecule has 0 spiro atoms. The normalized spacial score (nSPS) is 15.7. The third-order valence-electron chi connectivity index (χ3n) is 4.96. The van der Waals surface area contributed by atoms with E-state index in [0.29, 0.717) is 12.2 Å². The van der Waals surface area contributed by atoms with Crippen LogP contribution in [0.3, 0.4) is 0 Å². The molecule has 3 rings (SSSR count). The third kappa shape index (κ3) is 5.69. The molecule has 2 aromatic rings. The molecular formula is C20H26N4O4S. The summed E-state index contributed by atoms with van der Waals surface area (Å²) in [5, 5.41) is 10.7. The number of hydrogen-bond acceptors (Lipinski definition) is 5. The first kappa shape index (κ1) is 21.1. The van der Waals surface area contributed by atoms with Crippen LogP contribution in [0.5, 0.6) is 5.75 Å². The van der Waals surface area contributed by atoms with Gasteiger partial charge in [-0.05, 0) is 61.8 Å². The molecule has 29 heavy (non-hydrogen) atoms. The minimum absolute atomic E-state index is 0.0462. The van der Waals surface area contributed by atoms with Crippen LogP contribution in [0.15, 0.2) is 53.4 Å². The average Bonchev–Trinajstić information content (AvgIpc) is 3.23. The molecule has 0 aliphatic carbocycles. The van der Waals surface area contributed by atoms with Gasteiger partial charge in [0.05, 0.1) is 18.0 Å². The van der Waals surface area contributed by atoms with Crippen molar-refractivity contribution in [3.8, 4) is 5.75 Å². The van der Waals surface area contributed by atoms with Gasteiger partial charge in [0, 0.05) is 12.2 Å². The van der Waals surface area contributed by atoms with E-state index in [1.807, 2.05) is 24.3 Å². The number of sulfonamides is 1. The Bertz CT molecular complexity index is 941. The summed E-state index contributed by atoms with van der Waals surface area (Å²) in [7, 11) is -2.20. The quantitative estimate of drug-likeness (QED) is 0.638. The van der Waals surface area contributed by atoms with Crippen molar-refractivity contribution in [2.45, 2.75) is 23.8 Å². The Morgan fingerprint density at radius 2 is 1.86 bits per heavy atom. The number of anilines is 1. The first-order valence-corrected chi connectivity index (χ1v) is 11.0. The molecule has 0 aromatic heterocycles. The maximum atomic E-state index is 12.4.